The van der Waals surface area contributed by atoms with E-state index in [2.05, 4.69) is 35.9 Å². The van der Waals surface area contributed by atoms with Gasteiger partial charge in [0.15, 0.2) is 11.5 Å². The lowest BCUT2D eigenvalue weighted by Crippen LogP contribution is -2.28. The van der Waals surface area contributed by atoms with Crippen molar-refractivity contribution in [3.63, 3.8) is 0 Å². The molecule has 5 nitrogen and oxygen atoms in total. The predicted molar refractivity (Wildman–Crippen MR) is 123 cm³/mol. The second-order valence-electron chi connectivity index (χ2n) is 8.15. The Bertz CT molecular complexity index is 892. The van der Waals surface area contributed by atoms with Gasteiger partial charge in [-0.25, -0.2) is 0 Å². The Labute approximate surface area is 185 Å². The molecule has 1 N–H and O–H groups in total. The van der Waals surface area contributed by atoms with Gasteiger partial charge < -0.3 is 19.3 Å². The SMILES string of the molecule is COc1ccc(CCN(C)CC#CC2(O)CCc3cc(OC)c(OC)cc3CC2)cc1. The van der Waals surface area contributed by atoms with Gasteiger partial charge in [-0.15, -0.1) is 0 Å². The molecule has 166 valence electrons. The van der Waals surface area contributed by atoms with Gasteiger partial charge in [0.2, 0.25) is 0 Å². The van der Waals surface area contributed by atoms with Gasteiger partial charge in [0.1, 0.15) is 11.4 Å². The molecule has 3 rings (SSSR count). The maximum Gasteiger partial charge on any atom is 0.161 e. The van der Waals surface area contributed by atoms with Gasteiger partial charge in [0, 0.05) is 6.54 Å². The Morgan fingerprint density at radius 1 is 0.935 bits per heavy atom. The van der Waals surface area contributed by atoms with Crippen molar-refractivity contribution in [3.05, 3.63) is 53.1 Å². The Balaban J connectivity index is 1.55. The largest absolute Gasteiger partial charge is 0.497 e. The summed E-state index contributed by atoms with van der Waals surface area (Å²) in [6.07, 6.45) is 3.74. The van der Waals surface area contributed by atoms with E-state index in [1.54, 1.807) is 21.3 Å². The number of fused-ring (bicyclic) bond motifs is 1. The first-order chi connectivity index (χ1) is 15.0. The number of nitrogens with zero attached hydrogens (tertiary/aromatic N) is 1. The lowest BCUT2D eigenvalue weighted by Gasteiger charge is -2.20. The maximum absolute atomic E-state index is 11.1. The summed E-state index contributed by atoms with van der Waals surface area (Å²) in [7, 11) is 7.03. The number of ether oxygens (including phenoxy) is 3. The fourth-order valence-electron chi connectivity index (χ4n) is 3.89. The molecule has 5 heteroatoms. The van der Waals surface area contributed by atoms with Gasteiger partial charge >= 0.3 is 0 Å². The van der Waals surface area contributed by atoms with Crippen LogP contribution in [-0.4, -0.2) is 57.1 Å². The van der Waals surface area contributed by atoms with E-state index in [9.17, 15) is 5.11 Å². The van der Waals surface area contributed by atoms with Gasteiger partial charge in [0.05, 0.1) is 27.9 Å². The molecule has 0 bridgehead atoms. The minimum atomic E-state index is -0.962. The molecule has 0 saturated heterocycles. The molecule has 0 heterocycles. The number of rotatable bonds is 7. The van der Waals surface area contributed by atoms with Crippen LogP contribution in [0.2, 0.25) is 0 Å². The monoisotopic (exact) mass is 423 g/mol. The number of benzene rings is 2. The van der Waals surface area contributed by atoms with Crippen LogP contribution in [0.3, 0.4) is 0 Å². The van der Waals surface area contributed by atoms with Crippen LogP contribution in [0.4, 0.5) is 0 Å². The van der Waals surface area contributed by atoms with Crippen LogP contribution in [0.25, 0.3) is 0 Å². The molecule has 0 fully saturated rings. The van der Waals surface area contributed by atoms with Crippen LogP contribution >= 0.6 is 0 Å². The molecular formula is C26H33NO4. The number of likely N-dealkylation sites (N-methyl/N-ethyl adjacent to an activating group) is 1. The van der Waals surface area contributed by atoms with Crippen LogP contribution in [0.1, 0.15) is 29.5 Å². The summed E-state index contributed by atoms with van der Waals surface area (Å²) in [6, 6.07) is 12.2. The lowest BCUT2D eigenvalue weighted by atomic mass is 9.94. The van der Waals surface area contributed by atoms with Crippen LogP contribution in [0, 0.1) is 11.8 Å². The van der Waals surface area contributed by atoms with Crippen molar-refractivity contribution < 1.29 is 19.3 Å². The van der Waals surface area contributed by atoms with Gasteiger partial charge in [0.25, 0.3) is 0 Å². The highest BCUT2D eigenvalue weighted by Crippen LogP contribution is 2.35. The molecular weight excluding hydrogens is 390 g/mol. The van der Waals surface area contributed by atoms with Crippen molar-refractivity contribution in [2.24, 2.45) is 0 Å². The first-order valence-corrected chi connectivity index (χ1v) is 10.7. The minimum Gasteiger partial charge on any atom is -0.497 e. The molecule has 0 atom stereocenters. The highest BCUT2D eigenvalue weighted by atomic mass is 16.5. The summed E-state index contributed by atoms with van der Waals surface area (Å²) in [6.45, 7) is 1.54. The van der Waals surface area contributed by atoms with E-state index in [-0.39, 0.29) is 0 Å². The van der Waals surface area contributed by atoms with Crippen LogP contribution in [-0.2, 0) is 19.3 Å². The van der Waals surface area contributed by atoms with Crippen molar-refractivity contribution in [1.82, 2.24) is 4.90 Å². The fraction of sp³-hybridized carbons (Fsp3) is 0.462. The van der Waals surface area contributed by atoms with Crippen molar-refractivity contribution in [1.29, 1.82) is 0 Å². The Hall–Kier alpha value is -2.68. The maximum atomic E-state index is 11.1. The van der Waals surface area contributed by atoms with Crippen molar-refractivity contribution >= 4 is 0 Å². The molecule has 0 saturated carbocycles. The molecule has 0 unspecified atom stereocenters. The second-order valence-corrected chi connectivity index (χ2v) is 8.15. The van der Waals surface area contributed by atoms with Gasteiger partial charge in [-0.3, -0.25) is 4.90 Å². The molecule has 0 aromatic heterocycles. The highest BCUT2D eigenvalue weighted by molar-refractivity contribution is 5.48. The molecule has 2 aromatic carbocycles. The smallest absolute Gasteiger partial charge is 0.161 e. The fourth-order valence-corrected chi connectivity index (χ4v) is 3.89. The minimum absolute atomic E-state index is 0.623. The predicted octanol–water partition coefficient (Wildman–Crippen LogP) is 3.50. The van der Waals surface area contributed by atoms with E-state index in [0.29, 0.717) is 19.4 Å². The summed E-state index contributed by atoms with van der Waals surface area (Å²) in [4.78, 5) is 2.18. The summed E-state index contributed by atoms with van der Waals surface area (Å²) in [5.41, 5.74) is 2.71. The second kappa shape index (κ2) is 10.6. The van der Waals surface area contributed by atoms with E-state index in [0.717, 1.165) is 43.1 Å². The molecule has 1 aliphatic carbocycles. The molecule has 0 radical (unpaired) electrons. The average Bonchev–Trinajstić information content (AvgIpc) is 2.96. The summed E-state index contributed by atoms with van der Waals surface area (Å²) < 4.78 is 16.1. The van der Waals surface area contributed by atoms with Crippen molar-refractivity contribution in [2.75, 3.05) is 41.5 Å². The van der Waals surface area contributed by atoms with Gasteiger partial charge in [-0.05, 0) is 80.1 Å². The molecule has 0 amide bonds. The Morgan fingerprint density at radius 3 is 2.03 bits per heavy atom. The molecule has 0 spiro atoms. The summed E-state index contributed by atoms with van der Waals surface area (Å²) in [5.74, 6) is 8.70. The number of hydrogen-bond donors (Lipinski definition) is 1. The van der Waals surface area contributed by atoms with Crippen LogP contribution < -0.4 is 14.2 Å². The third-order valence-electron chi connectivity index (χ3n) is 5.93. The quantitative estimate of drug-likeness (QED) is 0.546. The molecule has 0 aliphatic heterocycles. The summed E-state index contributed by atoms with van der Waals surface area (Å²) >= 11 is 0. The first-order valence-electron chi connectivity index (χ1n) is 10.7. The molecule has 2 aromatic rings. The normalized spacial score (nSPS) is 14.8. The highest BCUT2D eigenvalue weighted by Gasteiger charge is 2.28. The Kier molecular flexibility index (Phi) is 7.84. The van der Waals surface area contributed by atoms with Gasteiger partial charge in [-0.2, -0.15) is 0 Å². The third-order valence-corrected chi connectivity index (χ3v) is 5.93. The number of aryl methyl sites for hydroxylation is 2. The number of methoxy groups -OCH3 is 3. The topological polar surface area (TPSA) is 51.2 Å². The van der Waals surface area contributed by atoms with E-state index < -0.39 is 5.60 Å². The van der Waals surface area contributed by atoms with E-state index in [1.807, 2.05) is 24.3 Å². The Morgan fingerprint density at radius 2 is 1.52 bits per heavy atom. The van der Waals surface area contributed by atoms with Crippen molar-refractivity contribution in [2.45, 2.75) is 37.7 Å². The first kappa shape index (κ1) is 23.0. The molecule has 1 aliphatic rings. The zero-order chi connectivity index (χ0) is 22.3. The van der Waals surface area contributed by atoms with Crippen LogP contribution in [0.15, 0.2) is 36.4 Å². The van der Waals surface area contributed by atoms with E-state index in [4.69, 9.17) is 14.2 Å². The number of aliphatic hydroxyl groups is 1. The standard InChI is InChI=1S/C26H33NO4/c1-27(17-12-20-6-8-23(29-2)9-7-20)16-5-13-26(28)14-10-21-18-24(30-3)25(31-4)19-22(21)11-15-26/h6-9,18-19,28H,10-12,14-17H2,1-4H3. The average molecular weight is 424 g/mol. The van der Waals surface area contributed by atoms with Gasteiger partial charge in [-0.1, -0.05) is 24.0 Å². The zero-order valence-corrected chi connectivity index (χ0v) is 19.0. The zero-order valence-electron chi connectivity index (χ0n) is 19.0. The molecule has 31 heavy (non-hydrogen) atoms. The van der Waals surface area contributed by atoms with Crippen molar-refractivity contribution in [3.8, 4) is 29.1 Å². The number of hydrogen-bond acceptors (Lipinski definition) is 5. The van der Waals surface area contributed by atoms with E-state index >= 15 is 0 Å². The van der Waals surface area contributed by atoms with Crippen LogP contribution in [0.5, 0.6) is 17.2 Å². The lowest BCUT2D eigenvalue weighted by molar-refractivity contribution is 0.0856. The van der Waals surface area contributed by atoms with E-state index in [1.165, 1.54) is 16.7 Å². The summed E-state index contributed by atoms with van der Waals surface area (Å²) in [5, 5.41) is 11.1. The third kappa shape index (κ3) is 6.16.